The number of carbonyl (C=O) groups is 1. The van der Waals surface area contributed by atoms with Crippen molar-refractivity contribution in [2.24, 2.45) is 0 Å². The van der Waals surface area contributed by atoms with Crippen LogP contribution in [0.1, 0.15) is 5.76 Å². The van der Waals surface area contributed by atoms with Crippen molar-refractivity contribution in [3.8, 4) is 22.8 Å². The number of furan rings is 1. The highest BCUT2D eigenvalue weighted by molar-refractivity contribution is 8.27. The Morgan fingerprint density at radius 1 is 1.07 bits per heavy atom. The second kappa shape index (κ2) is 8.55. The molecule has 8 heteroatoms. The summed E-state index contributed by atoms with van der Waals surface area (Å²) in [6.07, 6.45) is 1.69. The summed E-state index contributed by atoms with van der Waals surface area (Å²) in [4.78, 5) is 14.9. The summed E-state index contributed by atoms with van der Waals surface area (Å²) in [5, 5.41) is 0.494. The minimum absolute atomic E-state index is 0.194. The molecule has 1 aromatic heterocycles. The van der Waals surface area contributed by atoms with Crippen molar-refractivity contribution in [3.05, 3.63) is 70.3 Å². The average Bonchev–Trinajstić information content (AvgIpc) is 3.32. The number of amides is 1. The zero-order valence-corrected chi connectivity index (χ0v) is 18.4. The van der Waals surface area contributed by atoms with E-state index in [9.17, 15) is 4.79 Å². The lowest BCUT2D eigenvalue weighted by Crippen LogP contribution is -2.27. The van der Waals surface area contributed by atoms with Gasteiger partial charge in [0.05, 0.1) is 29.8 Å². The Morgan fingerprint density at radius 2 is 1.83 bits per heavy atom. The van der Waals surface area contributed by atoms with Gasteiger partial charge in [0.25, 0.3) is 5.91 Å². The number of hydrogen-bond donors (Lipinski definition) is 0. The lowest BCUT2D eigenvalue weighted by atomic mass is 10.2. The zero-order chi connectivity index (χ0) is 21.3. The molecule has 3 aromatic rings. The molecule has 1 aliphatic rings. The predicted octanol–water partition coefficient (Wildman–Crippen LogP) is 6.02. The smallest absolute Gasteiger partial charge is 0.270 e. The highest BCUT2D eigenvalue weighted by Gasteiger charge is 2.33. The first kappa shape index (κ1) is 20.5. The maximum absolute atomic E-state index is 12.9. The normalized spacial score (nSPS) is 15.2. The summed E-state index contributed by atoms with van der Waals surface area (Å²) < 4.78 is 16.7. The molecule has 1 amide bonds. The Labute approximate surface area is 188 Å². The number of halogens is 1. The summed E-state index contributed by atoms with van der Waals surface area (Å²) in [7, 11) is 3.16. The molecular weight excluding hydrogens is 442 g/mol. The fourth-order valence-corrected chi connectivity index (χ4v) is 4.49. The highest BCUT2D eigenvalue weighted by Crippen LogP contribution is 2.37. The van der Waals surface area contributed by atoms with E-state index in [2.05, 4.69) is 0 Å². The van der Waals surface area contributed by atoms with Gasteiger partial charge in [-0.05, 0) is 54.6 Å². The monoisotopic (exact) mass is 457 g/mol. The van der Waals surface area contributed by atoms with Crippen molar-refractivity contribution in [1.29, 1.82) is 0 Å². The van der Waals surface area contributed by atoms with Crippen LogP contribution in [0, 0.1) is 0 Å². The third-order valence-corrected chi connectivity index (χ3v) is 6.06. The number of rotatable bonds is 5. The fraction of sp³-hybridized carbons (Fsp3) is 0.0909. The van der Waals surface area contributed by atoms with Gasteiger partial charge in [-0.2, -0.15) is 0 Å². The number of ether oxygens (including phenoxy) is 2. The summed E-state index contributed by atoms with van der Waals surface area (Å²) in [5.74, 6) is 2.29. The predicted molar refractivity (Wildman–Crippen MR) is 124 cm³/mol. The Bertz CT molecular complexity index is 1150. The molecule has 0 radical (unpaired) electrons. The van der Waals surface area contributed by atoms with Crippen LogP contribution < -0.4 is 14.4 Å². The molecule has 0 spiro atoms. The first-order valence-corrected chi connectivity index (χ1v) is 10.5. The molecule has 1 aliphatic heterocycles. The maximum atomic E-state index is 12.9. The molecule has 0 saturated carbocycles. The summed E-state index contributed by atoms with van der Waals surface area (Å²) in [6, 6.07) is 16.2. The SMILES string of the molecule is COc1ccc(N2C(=O)/C(=C/c3ccc(-c4ccc(OC)c(Cl)c4)o3)SC2=S)cc1. The number of carbonyl (C=O) groups excluding carboxylic acids is 1. The van der Waals surface area contributed by atoms with Crippen LogP contribution in [0.3, 0.4) is 0 Å². The van der Waals surface area contributed by atoms with Crippen LogP contribution in [0.5, 0.6) is 11.5 Å². The number of methoxy groups -OCH3 is 2. The average molecular weight is 458 g/mol. The van der Waals surface area contributed by atoms with Crippen LogP contribution >= 0.6 is 35.6 Å². The van der Waals surface area contributed by atoms with Crippen molar-refractivity contribution < 1.29 is 18.7 Å². The first-order chi connectivity index (χ1) is 14.5. The van der Waals surface area contributed by atoms with Crippen molar-refractivity contribution in [2.45, 2.75) is 0 Å². The number of anilines is 1. The Kier molecular flexibility index (Phi) is 5.85. The third kappa shape index (κ3) is 3.96. The summed E-state index contributed by atoms with van der Waals surface area (Å²) >= 11 is 12.8. The first-order valence-electron chi connectivity index (χ1n) is 8.86. The van der Waals surface area contributed by atoms with Crippen LogP contribution in [0.4, 0.5) is 5.69 Å². The van der Waals surface area contributed by atoms with Crippen molar-refractivity contribution in [2.75, 3.05) is 19.1 Å². The van der Waals surface area contributed by atoms with Gasteiger partial charge in [0, 0.05) is 11.6 Å². The van der Waals surface area contributed by atoms with Gasteiger partial charge < -0.3 is 13.9 Å². The van der Waals surface area contributed by atoms with Gasteiger partial charge in [0.2, 0.25) is 0 Å². The zero-order valence-electron chi connectivity index (χ0n) is 16.0. The van der Waals surface area contributed by atoms with Gasteiger partial charge in [0.1, 0.15) is 23.0 Å². The molecule has 5 nitrogen and oxygen atoms in total. The van der Waals surface area contributed by atoms with Crippen LogP contribution in [-0.2, 0) is 4.79 Å². The lowest BCUT2D eigenvalue weighted by Gasteiger charge is -2.14. The van der Waals surface area contributed by atoms with E-state index in [1.165, 1.54) is 16.7 Å². The van der Waals surface area contributed by atoms with Gasteiger partial charge in [-0.15, -0.1) is 0 Å². The Balaban J connectivity index is 1.57. The summed E-state index contributed by atoms with van der Waals surface area (Å²) in [6.45, 7) is 0. The largest absolute Gasteiger partial charge is 0.497 e. The highest BCUT2D eigenvalue weighted by atomic mass is 35.5. The van der Waals surface area contributed by atoms with E-state index in [0.29, 0.717) is 43.0 Å². The molecule has 2 aromatic carbocycles. The van der Waals surface area contributed by atoms with Crippen molar-refractivity contribution >= 4 is 57.6 Å². The standard InChI is InChI=1S/C22H16ClNO4S2/c1-26-15-6-4-14(5-7-15)24-21(25)20(30-22(24)29)12-16-8-10-18(28-16)13-3-9-19(27-2)17(23)11-13/h3-12H,1-2H3/b20-12-. The number of thioether (sulfide) groups is 1. The molecule has 0 unspecified atom stereocenters. The maximum Gasteiger partial charge on any atom is 0.270 e. The van der Waals surface area contributed by atoms with Gasteiger partial charge in [-0.25, -0.2) is 0 Å². The Hall–Kier alpha value is -2.74. The number of thiocarbonyl (C=S) groups is 1. The van der Waals surface area contributed by atoms with Crippen LogP contribution in [0.15, 0.2) is 63.9 Å². The molecule has 1 fully saturated rings. The van der Waals surface area contributed by atoms with E-state index in [0.717, 1.165) is 5.56 Å². The number of benzene rings is 2. The van der Waals surface area contributed by atoms with Crippen LogP contribution in [0.2, 0.25) is 5.02 Å². The van der Waals surface area contributed by atoms with Gasteiger partial charge >= 0.3 is 0 Å². The quantitative estimate of drug-likeness (QED) is 0.345. The van der Waals surface area contributed by atoms with Gasteiger partial charge in [-0.1, -0.05) is 35.6 Å². The van der Waals surface area contributed by atoms with E-state index >= 15 is 0 Å². The van der Waals surface area contributed by atoms with E-state index in [-0.39, 0.29) is 5.91 Å². The molecule has 30 heavy (non-hydrogen) atoms. The van der Waals surface area contributed by atoms with Gasteiger partial charge in [-0.3, -0.25) is 9.69 Å². The van der Waals surface area contributed by atoms with E-state index in [1.54, 1.807) is 62.8 Å². The number of nitrogens with zero attached hydrogens (tertiary/aromatic N) is 1. The second-order valence-electron chi connectivity index (χ2n) is 6.27. The Morgan fingerprint density at radius 3 is 2.50 bits per heavy atom. The molecule has 152 valence electrons. The molecule has 0 aliphatic carbocycles. The minimum atomic E-state index is -0.194. The fourth-order valence-electron chi connectivity index (χ4n) is 2.96. The molecule has 4 rings (SSSR count). The molecule has 0 N–H and O–H groups in total. The molecule has 0 atom stereocenters. The third-order valence-electron chi connectivity index (χ3n) is 4.46. The molecule has 2 heterocycles. The van der Waals surface area contributed by atoms with Gasteiger partial charge in [0.15, 0.2) is 4.32 Å². The van der Waals surface area contributed by atoms with E-state index in [4.69, 9.17) is 37.7 Å². The van der Waals surface area contributed by atoms with Crippen molar-refractivity contribution in [3.63, 3.8) is 0 Å². The molecular formula is C22H16ClNO4S2. The summed E-state index contributed by atoms with van der Waals surface area (Å²) in [5.41, 5.74) is 1.50. The van der Waals surface area contributed by atoms with Crippen LogP contribution in [0.25, 0.3) is 17.4 Å². The van der Waals surface area contributed by atoms with E-state index < -0.39 is 0 Å². The topological polar surface area (TPSA) is 51.9 Å². The molecule has 0 bridgehead atoms. The minimum Gasteiger partial charge on any atom is -0.497 e. The number of hydrogen-bond acceptors (Lipinski definition) is 6. The second-order valence-corrected chi connectivity index (χ2v) is 8.35. The lowest BCUT2D eigenvalue weighted by molar-refractivity contribution is -0.113. The van der Waals surface area contributed by atoms with Crippen molar-refractivity contribution in [1.82, 2.24) is 0 Å². The van der Waals surface area contributed by atoms with E-state index in [1.807, 2.05) is 12.1 Å². The molecule has 1 saturated heterocycles. The van der Waals surface area contributed by atoms with Crippen LogP contribution in [-0.4, -0.2) is 24.4 Å².